The number of nitrogens with zero attached hydrogens (tertiary/aromatic N) is 2. The average Bonchev–Trinajstić information content (AvgIpc) is 2.65. The summed E-state index contributed by atoms with van der Waals surface area (Å²) in [5.41, 5.74) is -0.242. The third-order valence-corrected chi connectivity index (χ3v) is 4.16. The van der Waals surface area contributed by atoms with E-state index in [1.807, 2.05) is 6.92 Å². The van der Waals surface area contributed by atoms with E-state index in [0.29, 0.717) is 23.9 Å². The Hall–Kier alpha value is -3.68. The van der Waals surface area contributed by atoms with Gasteiger partial charge < -0.3 is 15.0 Å². The van der Waals surface area contributed by atoms with E-state index in [9.17, 15) is 24.8 Å². The SMILES string of the molecule is CCCn1c(=O)c(C(=O)Nc2ccc([N+](=O)[O-])cc2)c(O)c2ccccc21. The normalized spacial score (nSPS) is 10.7. The number of pyridine rings is 1. The molecule has 0 fully saturated rings. The third-order valence-electron chi connectivity index (χ3n) is 4.16. The molecule has 0 saturated heterocycles. The Kier molecular flexibility index (Phi) is 4.89. The fourth-order valence-corrected chi connectivity index (χ4v) is 2.90. The minimum Gasteiger partial charge on any atom is -0.506 e. The molecule has 0 aliphatic heterocycles. The summed E-state index contributed by atoms with van der Waals surface area (Å²) in [6, 6.07) is 12.0. The van der Waals surface area contributed by atoms with Crippen molar-refractivity contribution < 1.29 is 14.8 Å². The number of amides is 1. The van der Waals surface area contributed by atoms with E-state index in [2.05, 4.69) is 5.32 Å². The van der Waals surface area contributed by atoms with Gasteiger partial charge in [-0.25, -0.2) is 0 Å². The second-order valence-corrected chi connectivity index (χ2v) is 5.96. The number of carbonyl (C=O) groups is 1. The van der Waals surface area contributed by atoms with E-state index in [0.717, 1.165) is 0 Å². The molecule has 0 radical (unpaired) electrons. The van der Waals surface area contributed by atoms with Gasteiger partial charge in [-0.2, -0.15) is 0 Å². The predicted molar refractivity (Wildman–Crippen MR) is 101 cm³/mol. The first-order chi connectivity index (χ1) is 12.9. The Morgan fingerprint density at radius 2 is 1.85 bits per heavy atom. The lowest BCUT2D eigenvalue weighted by molar-refractivity contribution is -0.384. The highest BCUT2D eigenvalue weighted by molar-refractivity contribution is 6.09. The van der Waals surface area contributed by atoms with Crippen molar-refractivity contribution in [2.24, 2.45) is 0 Å². The molecule has 3 aromatic rings. The molecule has 27 heavy (non-hydrogen) atoms. The Labute approximate surface area is 153 Å². The fourth-order valence-electron chi connectivity index (χ4n) is 2.90. The maximum absolute atomic E-state index is 12.8. The molecule has 0 spiro atoms. The topological polar surface area (TPSA) is 114 Å². The van der Waals surface area contributed by atoms with E-state index in [1.54, 1.807) is 24.3 Å². The van der Waals surface area contributed by atoms with Gasteiger partial charge in [-0.3, -0.25) is 19.7 Å². The number of nitrogens with one attached hydrogen (secondary N) is 1. The largest absolute Gasteiger partial charge is 0.506 e. The lowest BCUT2D eigenvalue weighted by Gasteiger charge is -2.14. The molecular formula is C19H17N3O5. The van der Waals surface area contributed by atoms with Gasteiger partial charge in [-0.15, -0.1) is 0 Å². The number of nitro benzene ring substituents is 1. The summed E-state index contributed by atoms with van der Waals surface area (Å²) in [5, 5.41) is 24.1. The van der Waals surface area contributed by atoms with Crippen LogP contribution in [0.1, 0.15) is 23.7 Å². The molecule has 1 amide bonds. The molecule has 0 unspecified atom stereocenters. The van der Waals surface area contributed by atoms with E-state index in [-0.39, 0.29) is 22.7 Å². The summed E-state index contributed by atoms with van der Waals surface area (Å²) in [7, 11) is 0. The van der Waals surface area contributed by atoms with Crippen molar-refractivity contribution >= 4 is 28.2 Å². The van der Waals surface area contributed by atoms with Crippen LogP contribution in [-0.2, 0) is 6.54 Å². The van der Waals surface area contributed by atoms with Gasteiger partial charge in [0.1, 0.15) is 11.3 Å². The minimum absolute atomic E-state index is 0.119. The van der Waals surface area contributed by atoms with Crippen LogP contribution in [0.25, 0.3) is 10.9 Å². The van der Waals surface area contributed by atoms with Crippen molar-refractivity contribution in [1.82, 2.24) is 4.57 Å². The first-order valence-corrected chi connectivity index (χ1v) is 8.34. The number of aromatic hydroxyl groups is 1. The number of fused-ring (bicyclic) bond motifs is 1. The van der Waals surface area contributed by atoms with Crippen LogP contribution in [0.5, 0.6) is 5.75 Å². The summed E-state index contributed by atoms with van der Waals surface area (Å²) in [6.07, 6.45) is 0.679. The molecule has 0 saturated carbocycles. The van der Waals surface area contributed by atoms with Crippen LogP contribution in [0.3, 0.4) is 0 Å². The zero-order chi connectivity index (χ0) is 19.6. The summed E-state index contributed by atoms with van der Waals surface area (Å²) in [5.74, 6) is -1.16. The number of para-hydroxylation sites is 1. The summed E-state index contributed by atoms with van der Waals surface area (Å²) < 4.78 is 1.46. The van der Waals surface area contributed by atoms with Gasteiger partial charge in [-0.1, -0.05) is 19.1 Å². The Balaban J connectivity index is 2.06. The van der Waals surface area contributed by atoms with Gasteiger partial charge >= 0.3 is 0 Å². The van der Waals surface area contributed by atoms with E-state index < -0.39 is 16.4 Å². The lowest BCUT2D eigenvalue weighted by atomic mass is 10.1. The molecule has 0 aliphatic carbocycles. The Morgan fingerprint density at radius 1 is 1.19 bits per heavy atom. The van der Waals surface area contributed by atoms with Crippen LogP contribution in [-0.4, -0.2) is 20.5 Å². The molecule has 1 aromatic heterocycles. The standard InChI is InChI=1S/C19H17N3O5/c1-2-11-21-15-6-4-3-5-14(15)17(23)16(19(21)25)18(24)20-12-7-9-13(10-8-12)22(26)27/h3-10,23H,2,11H2,1H3,(H,20,24). The molecule has 3 rings (SSSR count). The molecule has 0 atom stereocenters. The van der Waals surface area contributed by atoms with Crippen molar-refractivity contribution in [1.29, 1.82) is 0 Å². The molecule has 0 aliphatic rings. The van der Waals surface area contributed by atoms with Crippen molar-refractivity contribution in [2.75, 3.05) is 5.32 Å². The van der Waals surface area contributed by atoms with E-state index in [4.69, 9.17) is 0 Å². The van der Waals surface area contributed by atoms with Gasteiger partial charge in [0.2, 0.25) is 0 Å². The van der Waals surface area contributed by atoms with Crippen molar-refractivity contribution in [3.63, 3.8) is 0 Å². The van der Waals surface area contributed by atoms with Crippen molar-refractivity contribution in [3.8, 4) is 5.75 Å². The number of aromatic nitrogens is 1. The first-order valence-electron chi connectivity index (χ1n) is 8.34. The predicted octanol–water partition coefficient (Wildman–Crippen LogP) is 3.28. The maximum atomic E-state index is 12.8. The van der Waals surface area contributed by atoms with Crippen LogP contribution in [0, 0.1) is 10.1 Å². The van der Waals surface area contributed by atoms with Gasteiger partial charge in [-0.05, 0) is 30.7 Å². The smallest absolute Gasteiger partial charge is 0.269 e. The number of benzene rings is 2. The number of hydrogen-bond donors (Lipinski definition) is 2. The highest BCUT2D eigenvalue weighted by Gasteiger charge is 2.22. The second-order valence-electron chi connectivity index (χ2n) is 5.96. The fraction of sp³-hybridized carbons (Fsp3) is 0.158. The van der Waals surface area contributed by atoms with Gasteiger partial charge in [0, 0.05) is 29.8 Å². The van der Waals surface area contributed by atoms with Crippen molar-refractivity contribution in [2.45, 2.75) is 19.9 Å². The third kappa shape index (κ3) is 3.37. The van der Waals surface area contributed by atoms with Gasteiger partial charge in [0.25, 0.3) is 17.2 Å². The molecule has 8 nitrogen and oxygen atoms in total. The number of hydrogen-bond acceptors (Lipinski definition) is 5. The van der Waals surface area contributed by atoms with E-state index in [1.165, 1.54) is 28.8 Å². The summed E-state index contributed by atoms with van der Waals surface area (Å²) in [4.78, 5) is 35.6. The Morgan fingerprint density at radius 3 is 2.48 bits per heavy atom. The second kappa shape index (κ2) is 7.28. The summed E-state index contributed by atoms with van der Waals surface area (Å²) >= 11 is 0. The molecule has 8 heteroatoms. The molecule has 138 valence electrons. The molecule has 1 heterocycles. The number of anilines is 1. The lowest BCUT2D eigenvalue weighted by Crippen LogP contribution is -2.29. The van der Waals surface area contributed by atoms with Crippen LogP contribution in [0.15, 0.2) is 53.3 Å². The number of non-ortho nitro benzene ring substituents is 1. The summed E-state index contributed by atoms with van der Waals surface area (Å²) in [6.45, 7) is 2.31. The molecule has 0 bridgehead atoms. The highest BCUT2D eigenvalue weighted by atomic mass is 16.6. The van der Waals surface area contributed by atoms with Crippen LogP contribution in [0.4, 0.5) is 11.4 Å². The first kappa shape index (κ1) is 18.1. The number of aryl methyl sites for hydroxylation is 1. The number of carbonyl (C=O) groups excluding carboxylic acids is 1. The van der Waals surface area contributed by atoms with Crippen molar-refractivity contribution in [3.05, 3.63) is 74.6 Å². The van der Waals surface area contributed by atoms with Gasteiger partial charge in [0.15, 0.2) is 0 Å². The van der Waals surface area contributed by atoms with Gasteiger partial charge in [0.05, 0.1) is 10.4 Å². The molecule has 2 aromatic carbocycles. The zero-order valence-electron chi connectivity index (χ0n) is 14.5. The monoisotopic (exact) mass is 367 g/mol. The number of rotatable bonds is 5. The minimum atomic E-state index is -0.776. The zero-order valence-corrected chi connectivity index (χ0v) is 14.5. The molecule has 2 N–H and O–H groups in total. The maximum Gasteiger partial charge on any atom is 0.269 e. The van der Waals surface area contributed by atoms with E-state index >= 15 is 0 Å². The average molecular weight is 367 g/mol. The number of nitro groups is 1. The molecular weight excluding hydrogens is 350 g/mol. The quantitative estimate of drug-likeness (QED) is 0.530. The van der Waals surface area contributed by atoms with Crippen LogP contribution < -0.4 is 10.9 Å². The highest BCUT2D eigenvalue weighted by Crippen LogP contribution is 2.27. The van der Waals surface area contributed by atoms with Crippen LogP contribution in [0.2, 0.25) is 0 Å². The Bertz CT molecular complexity index is 1090. The van der Waals surface area contributed by atoms with Crippen LogP contribution >= 0.6 is 0 Å².